The summed E-state index contributed by atoms with van der Waals surface area (Å²) in [7, 11) is 0. The highest BCUT2D eigenvalue weighted by atomic mass is 16.6. The molecule has 1 aromatic rings. The van der Waals surface area contributed by atoms with E-state index < -0.39 is 0 Å². The van der Waals surface area contributed by atoms with Crippen LogP contribution in [0.25, 0.3) is 0 Å². The summed E-state index contributed by atoms with van der Waals surface area (Å²) in [5.41, 5.74) is 0.441. The van der Waals surface area contributed by atoms with Crippen molar-refractivity contribution in [2.75, 3.05) is 29.9 Å². The second-order valence-corrected chi connectivity index (χ2v) is 5.26. The van der Waals surface area contributed by atoms with Crippen LogP contribution >= 0.6 is 0 Å². The number of hydrogen-bond donors (Lipinski definition) is 1. The Labute approximate surface area is 118 Å². The van der Waals surface area contributed by atoms with Gasteiger partial charge in [0, 0.05) is 19.6 Å². The highest BCUT2D eigenvalue weighted by Gasteiger charge is 2.28. The van der Waals surface area contributed by atoms with Crippen molar-refractivity contribution in [1.29, 1.82) is 0 Å². The van der Waals surface area contributed by atoms with Crippen LogP contribution in [0.2, 0.25) is 0 Å². The van der Waals surface area contributed by atoms with Crippen LogP contribution < -0.4 is 10.2 Å². The normalized spacial score (nSPS) is 16.2. The van der Waals surface area contributed by atoms with Crippen LogP contribution in [0.1, 0.15) is 32.4 Å². The number of nitrogens with zero attached hydrogens (tertiary/aromatic N) is 4. The van der Waals surface area contributed by atoms with E-state index in [1.54, 1.807) is 6.92 Å². The summed E-state index contributed by atoms with van der Waals surface area (Å²) in [5, 5.41) is 14.3. The van der Waals surface area contributed by atoms with Gasteiger partial charge in [-0.15, -0.1) is 0 Å². The molecule has 20 heavy (non-hydrogen) atoms. The molecule has 1 aliphatic heterocycles. The Bertz CT molecular complexity index is 498. The molecule has 1 aliphatic rings. The Morgan fingerprint density at radius 2 is 2.05 bits per heavy atom. The second-order valence-electron chi connectivity index (χ2n) is 5.26. The van der Waals surface area contributed by atoms with Crippen molar-refractivity contribution in [3.05, 3.63) is 15.8 Å². The molecule has 1 aromatic heterocycles. The minimum absolute atomic E-state index is 0.0289. The number of rotatable bonds is 4. The number of aromatic nitrogens is 2. The first-order valence-corrected chi connectivity index (χ1v) is 7.04. The molecule has 0 atom stereocenters. The first-order chi connectivity index (χ1) is 9.52. The van der Waals surface area contributed by atoms with Crippen molar-refractivity contribution in [3.63, 3.8) is 0 Å². The molecule has 0 spiro atoms. The maximum absolute atomic E-state index is 11.3. The lowest BCUT2D eigenvalue weighted by molar-refractivity contribution is -0.385. The van der Waals surface area contributed by atoms with Crippen LogP contribution in [0, 0.1) is 23.0 Å². The SMILES string of the molecule is CCNc1nc(C)c([N+](=O)[O-])c(N2CCC(C)CC2)n1. The van der Waals surface area contributed by atoms with Gasteiger partial charge in [0.2, 0.25) is 11.8 Å². The molecule has 0 bridgehead atoms. The van der Waals surface area contributed by atoms with E-state index in [0.717, 1.165) is 25.9 Å². The van der Waals surface area contributed by atoms with Crippen LogP contribution in [-0.2, 0) is 0 Å². The largest absolute Gasteiger partial charge is 0.354 e. The van der Waals surface area contributed by atoms with E-state index >= 15 is 0 Å². The van der Waals surface area contributed by atoms with Crippen molar-refractivity contribution in [2.24, 2.45) is 5.92 Å². The third-order valence-electron chi connectivity index (χ3n) is 3.64. The Morgan fingerprint density at radius 3 is 2.60 bits per heavy atom. The van der Waals surface area contributed by atoms with E-state index in [4.69, 9.17) is 0 Å². The predicted molar refractivity (Wildman–Crippen MR) is 78.2 cm³/mol. The highest BCUT2D eigenvalue weighted by molar-refractivity contribution is 5.62. The zero-order chi connectivity index (χ0) is 14.7. The van der Waals surface area contributed by atoms with Gasteiger partial charge in [-0.2, -0.15) is 4.98 Å². The number of hydrogen-bond acceptors (Lipinski definition) is 6. The van der Waals surface area contributed by atoms with Gasteiger partial charge in [0.15, 0.2) is 0 Å². The van der Waals surface area contributed by atoms with Gasteiger partial charge in [0.25, 0.3) is 0 Å². The van der Waals surface area contributed by atoms with Crippen molar-refractivity contribution in [2.45, 2.75) is 33.6 Å². The van der Waals surface area contributed by atoms with Crippen molar-refractivity contribution in [1.82, 2.24) is 9.97 Å². The Kier molecular flexibility index (Phi) is 4.36. The van der Waals surface area contributed by atoms with Gasteiger partial charge in [-0.05, 0) is 32.6 Å². The molecule has 0 aliphatic carbocycles. The van der Waals surface area contributed by atoms with Crippen molar-refractivity contribution >= 4 is 17.5 Å². The molecule has 7 heteroatoms. The van der Waals surface area contributed by atoms with Gasteiger partial charge >= 0.3 is 5.69 Å². The molecule has 0 unspecified atom stereocenters. The Hall–Kier alpha value is -1.92. The van der Waals surface area contributed by atoms with E-state index in [-0.39, 0.29) is 10.6 Å². The van der Waals surface area contributed by atoms with E-state index in [1.807, 2.05) is 11.8 Å². The summed E-state index contributed by atoms with van der Waals surface area (Å²) in [5.74, 6) is 1.58. The topological polar surface area (TPSA) is 84.2 Å². The molecular weight excluding hydrogens is 258 g/mol. The van der Waals surface area contributed by atoms with Crippen LogP contribution in [0.3, 0.4) is 0 Å². The summed E-state index contributed by atoms with van der Waals surface area (Å²) in [6.45, 7) is 8.13. The van der Waals surface area contributed by atoms with E-state index in [9.17, 15) is 10.1 Å². The molecular formula is C13H21N5O2. The lowest BCUT2D eigenvalue weighted by Gasteiger charge is -2.31. The second kappa shape index (κ2) is 6.02. The zero-order valence-electron chi connectivity index (χ0n) is 12.2. The fraction of sp³-hybridized carbons (Fsp3) is 0.692. The van der Waals surface area contributed by atoms with Gasteiger partial charge < -0.3 is 10.2 Å². The van der Waals surface area contributed by atoms with Crippen LogP contribution in [-0.4, -0.2) is 34.5 Å². The first-order valence-electron chi connectivity index (χ1n) is 7.04. The molecule has 2 heterocycles. The fourth-order valence-electron chi connectivity index (χ4n) is 2.44. The summed E-state index contributed by atoms with van der Waals surface area (Å²) in [6.07, 6.45) is 2.08. The molecule has 1 saturated heterocycles. The Balaban J connectivity index is 2.39. The summed E-state index contributed by atoms with van der Waals surface area (Å²) in [4.78, 5) is 21.4. The lowest BCUT2D eigenvalue weighted by Crippen LogP contribution is -2.34. The average Bonchev–Trinajstić information content (AvgIpc) is 2.38. The molecule has 1 fully saturated rings. The first kappa shape index (κ1) is 14.5. The minimum atomic E-state index is -0.377. The predicted octanol–water partition coefficient (Wildman–Crippen LogP) is 2.36. The van der Waals surface area contributed by atoms with Gasteiger partial charge in [0.05, 0.1) is 4.92 Å². The molecule has 0 saturated carbocycles. The van der Waals surface area contributed by atoms with Crippen LogP contribution in [0.4, 0.5) is 17.5 Å². The maximum atomic E-state index is 11.3. The summed E-state index contributed by atoms with van der Waals surface area (Å²) in [6, 6.07) is 0. The fourth-order valence-corrected chi connectivity index (χ4v) is 2.44. The molecule has 0 radical (unpaired) electrons. The molecule has 0 amide bonds. The number of aryl methyl sites for hydroxylation is 1. The Morgan fingerprint density at radius 1 is 1.40 bits per heavy atom. The third-order valence-corrected chi connectivity index (χ3v) is 3.64. The quantitative estimate of drug-likeness (QED) is 0.672. The van der Waals surface area contributed by atoms with Crippen LogP contribution in [0.5, 0.6) is 0 Å². The summed E-state index contributed by atoms with van der Waals surface area (Å²) < 4.78 is 0. The lowest BCUT2D eigenvalue weighted by atomic mass is 9.99. The van der Waals surface area contributed by atoms with Gasteiger partial charge in [-0.1, -0.05) is 6.92 Å². The third kappa shape index (κ3) is 2.97. The number of nitro groups is 1. The van der Waals surface area contributed by atoms with E-state index in [2.05, 4.69) is 22.2 Å². The van der Waals surface area contributed by atoms with Gasteiger partial charge in [0.1, 0.15) is 5.69 Å². The number of piperidine rings is 1. The van der Waals surface area contributed by atoms with Crippen molar-refractivity contribution in [3.8, 4) is 0 Å². The van der Waals surface area contributed by atoms with Gasteiger partial charge in [-0.25, -0.2) is 4.98 Å². The van der Waals surface area contributed by atoms with E-state index in [0.29, 0.717) is 29.9 Å². The monoisotopic (exact) mass is 279 g/mol. The van der Waals surface area contributed by atoms with Crippen LogP contribution in [0.15, 0.2) is 0 Å². The zero-order valence-corrected chi connectivity index (χ0v) is 12.2. The minimum Gasteiger partial charge on any atom is -0.354 e. The van der Waals surface area contributed by atoms with E-state index in [1.165, 1.54) is 0 Å². The molecule has 0 aromatic carbocycles. The average molecular weight is 279 g/mol. The van der Waals surface area contributed by atoms with Crippen molar-refractivity contribution < 1.29 is 4.92 Å². The molecule has 110 valence electrons. The highest BCUT2D eigenvalue weighted by Crippen LogP contribution is 2.32. The smallest absolute Gasteiger partial charge is 0.332 e. The molecule has 2 rings (SSSR count). The summed E-state index contributed by atoms with van der Waals surface area (Å²) >= 11 is 0. The molecule has 7 nitrogen and oxygen atoms in total. The molecule has 1 N–H and O–H groups in total. The number of anilines is 2. The maximum Gasteiger partial charge on any atom is 0.332 e. The van der Waals surface area contributed by atoms with Gasteiger partial charge in [-0.3, -0.25) is 10.1 Å². The number of nitrogens with one attached hydrogen (secondary N) is 1. The standard InChI is InChI=1S/C13H21N5O2/c1-4-14-13-15-10(3)11(18(19)20)12(16-13)17-7-5-9(2)6-8-17/h9H,4-8H2,1-3H3,(H,14,15,16).